The van der Waals surface area contributed by atoms with Gasteiger partial charge < -0.3 is 14.4 Å². The lowest BCUT2D eigenvalue weighted by atomic mass is 10.0. The van der Waals surface area contributed by atoms with E-state index in [1.165, 1.54) is 5.56 Å². The summed E-state index contributed by atoms with van der Waals surface area (Å²) in [5.41, 5.74) is 1.89. The van der Waals surface area contributed by atoms with E-state index in [1.807, 2.05) is 49.9 Å². The molecule has 184 valence electrons. The van der Waals surface area contributed by atoms with Crippen molar-refractivity contribution in [2.75, 3.05) is 26.2 Å². The largest absolute Gasteiger partial charge is 0.494 e. The van der Waals surface area contributed by atoms with Crippen molar-refractivity contribution in [2.24, 2.45) is 0 Å². The van der Waals surface area contributed by atoms with Crippen LogP contribution in [0.3, 0.4) is 0 Å². The lowest BCUT2D eigenvalue weighted by Crippen LogP contribution is -2.49. The van der Waals surface area contributed by atoms with Gasteiger partial charge in [0.25, 0.3) is 0 Å². The van der Waals surface area contributed by atoms with Crippen LogP contribution in [0, 0.1) is 17.9 Å². The number of hydrogen-bond donors (Lipinski definition) is 0. The van der Waals surface area contributed by atoms with Gasteiger partial charge >= 0.3 is 6.09 Å². The summed E-state index contributed by atoms with van der Waals surface area (Å²) >= 11 is 0. The minimum Gasteiger partial charge on any atom is -0.494 e. The zero-order valence-corrected chi connectivity index (χ0v) is 20.9. The molecule has 1 fully saturated rings. The van der Waals surface area contributed by atoms with Gasteiger partial charge in [0.05, 0.1) is 24.8 Å². The third kappa shape index (κ3) is 8.31. The van der Waals surface area contributed by atoms with Crippen LogP contribution < -0.4 is 4.74 Å². The maximum absolute atomic E-state index is 13.0. The molecule has 2 aromatic carbocycles. The second kappa shape index (κ2) is 12.2. The Morgan fingerprint density at radius 2 is 1.80 bits per heavy atom. The van der Waals surface area contributed by atoms with E-state index in [4.69, 9.17) is 21.3 Å². The van der Waals surface area contributed by atoms with E-state index in [-0.39, 0.29) is 12.1 Å². The first-order valence-corrected chi connectivity index (χ1v) is 12.1. The van der Waals surface area contributed by atoms with Crippen molar-refractivity contribution < 1.29 is 14.3 Å². The van der Waals surface area contributed by atoms with Crippen LogP contribution >= 0.6 is 0 Å². The first kappa shape index (κ1) is 26.1. The van der Waals surface area contributed by atoms with Gasteiger partial charge in [-0.2, -0.15) is 5.26 Å². The predicted octanol–water partition coefficient (Wildman–Crippen LogP) is 5.78. The minimum absolute atomic E-state index is 0.125. The van der Waals surface area contributed by atoms with Crippen molar-refractivity contribution in [1.82, 2.24) is 9.80 Å². The molecule has 0 N–H and O–H groups in total. The van der Waals surface area contributed by atoms with Crippen LogP contribution in [0.15, 0.2) is 48.5 Å². The zero-order valence-electron chi connectivity index (χ0n) is 20.9. The first-order chi connectivity index (χ1) is 16.8. The highest BCUT2D eigenvalue weighted by molar-refractivity contribution is 5.68. The highest BCUT2D eigenvalue weighted by Gasteiger charge is 2.30. The average molecular weight is 475 g/mol. The summed E-state index contributed by atoms with van der Waals surface area (Å²) in [7, 11) is 0. The van der Waals surface area contributed by atoms with Crippen molar-refractivity contribution in [3.8, 4) is 11.8 Å². The molecule has 1 aliphatic rings. The molecule has 0 spiro atoms. The Kier molecular flexibility index (Phi) is 9.11. The van der Waals surface area contributed by atoms with Crippen LogP contribution in [-0.2, 0) is 11.3 Å². The topological polar surface area (TPSA) is 70.2 Å². The molecule has 0 aliphatic carbocycles. The summed E-state index contributed by atoms with van der Waals surface area (Å²) in [4.78, 5) is 20.7. The van der Waals surface area contributed by atoms with Gasteiger partial charge in [-0.15, -0.1) is 0 Å². The lowest BCUT2D eigenvalue weighted by molar-refractivity contribution is 0.00674. The molecule has 0 bridgehead atoms. The number of piperidine rings is 1. The molecule has 1 saturated heterocycles. The number of benzene rings is 2. The molecule has 35 heavy (non-hydrogen) atoms. The normalized spacial score (nSPS) is 14.5. The van der Waals surface area contributed by atoms with Crippen LogP contribution in [0.1, 0.15) is 51.2 Å². The number of likely N-dealkylation sites (tertiary alicyclic amines) is 1. The number of rotatable bonds is 8. The van der Waals surface area contributed by atoms with Crippen LogP contribution in [0.5, 0.6) is 5.75 Å². The Labute approximate surface area is 208 Å². The summed E-state index contributed by atoms with van der Waals surface area (Å²) in [5.74, 6) is 0.720. The SMILES string of the molecule is [C-]#[N+]c1ccc(OCCCN(C(=O)OC(C)(C)C)C2CCN(Cc3ccc(C#N)cc3)CC2)cc1. The van der Waals surface area contributed by atoms with Gasteiger partial charge in [0.1, 0.15) is 11.4 Å². The number of amides is 1. The lowest BCUT2D eigenvalue weighted by Gasteiger charge is -2.39. The molecule has 1 heterocycles. The molecular formula is C28H34N4O3. The van der Waals surface area contributed by atoms with Crippen LogP contribution in [-0.4, -0.2) is 53.8 Å². The van der Waals surface area contributed by atoms with E-state index < -0.39 is 5.60 Å². The number of carbonyl (C=O) groups excluding carboxylic acids is 1. The third-order valence-electron chi connectivity index (χ3n) is 5.89. The van der Waals surface area contributed by atoms with Gasteiger partial charge in [0.15, 0.2) is 5.69 Å². The van der Waals surface area contributed by atoms with E-state index in [0.29, 0.717) is 30.8 Å². The van der Waals surface area contributed by atoms with Gasteiger partial charge in [0, 0.05) is 32.2 Å². The van der Waals surface area contributed by atoms with Crippen LogP contribution in [0.25, 0.3) is 4.85 Å². The van der Waals surface area contributed by atoms with Gasteiger partial charge in [-0.05, 0) is 69.9 Å². The fourth-order valence-corrected chi connectivity index (χ4v) is 4.12. The molecule has 7 heteroatoms. The summed E-state index contributed by atoms with van der Waals surface area (Å²) < 4.78 is 11.5. The molecule has 7 nitrogen and oxygen atoms in total. The number of ether oxygens (including phenoxy) is 2. The molecule has 3 rings (SSSR count). The summed E-state index contributed by atoms with van der Waals surface area (Å²) in [5, 5.41) is 8.98. The smallest absolute Gasteiger partial charge is 0.410 e. The maximum atomic E-state index is 13.0. The first-order valence-electron chi connectivity index (χ1n) is 12.1. The van der Waals surface area contributed by atoms with E-state index in [9.17, 15) is 4.79 Å². The molecule has 2 aromatic rings. The molecule has 0 aromatic heterocycles. The quantitative estimate of drug-likeness (QED) is 0.358. The number of nitrogens with zero attached hydrogens (tertiary/aromatic N) is 4. The predicted molar refractivity (Wildman–Crippen MR) is 135 cm³/mol. The molecule has 0 unspecified atom stereocenters. The Bertz CT molecular complexity index is 1040. The standard InChI is InChI=1S/C28H34N4O3/c1-28(2,3)35-27(33)32(16-5-19-34-26-12-10-24(30-4)11-13-26)25-14-17-31(18-15-25)21-23-8-6-22(20-29)7-9-23/h6-13,25H,5,14-19,21H2,1-3H3. The molecule has 0 radical (unpaired) electrons. The number of nitriles is 1. The van der Waals surface area contributed by atoms with Gasteiger partial charge in [-0.25, -0.2) is 9.64 Å². The Balaban J connectivity index is 1.53. The van der Waals surface area contributed by atoms with Gasteiger partial charge in [-0.1, -0.05) is 24.3 Å². The average Bonchev–Trinajstić information content (AvgIpc) is 2.84. The van der Waals surface area contributed by atoms with E-state index in [2.05, 4.69) is 15.8 Å². The van der Waals surface area contributed by atoms with Gasteiger partial charge in [-0.3, -0.25) is 4.90 Å². The number of carbonyl (C=O) groups is 1. The second-order valence-electron chi connectivity index (χ2n) is 9.80. The van der Waals surface area contributed by atoms with Crippen molar-refractivity contribution in [3.63, 3.8) is 0 Å². The molecule has 0 saturated carbocycles. The number of hydrogen-bond acceptors (Lipinski definition) is 5. The Morgan fingerprint density at radius 1 is 1.14 bits per heavy atom. The Hall–Kier alpha value is -3.55. The summed E-state index contributed by atoms with van der Waals surface area (Å²) in [6.45, 7) is 16.4. The zero-order chi connectivity index (χ0) is 25.3. The highest BCUT2D eigenvalue weighted by Crippen LogP contribution is 2.22. The fourth-order valence-electron chi connectivity index (χ4n) is 4.12. The highest BCUT2D eigenvalue weighted by atomic mass is 16.6. The third-order valence-corrected chi connectivity index (χ3v) is 5.89. The van der Waals surface area contributed by atoms with E-state index >= 15 is 0 Å². The van der Waals surface area contributed by atoms with Gasteiger partial charge in [0.2, 0.25) is 0 Å². The van der Waals surface area contributed by atoms with Crippen molar-refractivity contribution >= 4 is 11.8 Å². The Morgan fingerprint density at radius 3 is 2.37 bits per heavy atom. The molecule has 0 atom stereocenters. The van der Waals surface area contributed by atoms with E-state index in [0.717, 1.165) is 38.2 Å². The van der Waals surface area contributed by atoms with Crippen molar-refractivity contribution in [2.45, 2.75) is 58.2 Å². The second-order valence-corrected chi connectivity index (χ2v) is 9.80. The fraction of sp³-hybridized carbons (Fsp3) is 0.464. The minimum atomic E-state index is -0.549. The molecule has 1 amide bonds. The summed E-state index contributed by atoms with van der Waals surface area (Å²) in [6.07, 6.45) is 2.18. The van der Waals surface area contributed by atoms with Crippen LogP contribution in [0.4, 0.5) is 10.5 Å². The summed E-state index contributed by atoms with van der Waals surface area (Å²) in [6, 6.07) is 17.1. The monoisotopic (exact) mass is 474 g/mol. The van der Waals surface area contributed by atoms with Crippen molar-refractivity contribution in [1.29, 1.82) is 5.26 Å². The van der Waals surface area contributed by atoms with Crippen LogP contribution in [0.2, 0.25) is 0 Å². The molecular weight excluding hydrogens is 440 g/mol. The maximum Gasteiger partial charge on any atom is 0.410 e. The van der Waals surface area contributed by atoms with E-state index in [1.54, 1.807) is 24.3 Å². The van der Waals surface area contributed by atoms with Crippen molar-refractivity contribution in [3.05, 3.63) is 71.1 Å². The molecule has 1 aliphatic heterocycles.